The number of hydrogen-bond acceptors (Lipinski definition) is 2. The van der Waals surface area contributed by atoms with E-state index in [9.17, 15) is 0 Å². The number of rotatable bonds is 1. The van der Waals surface area contributed by atoms with Crippen LogP contribution < -0.4 is 0 Å². The lowest BCUT2D eigenvalue weighted by Gasteiger charge is -2.39. The van der Waals surface area contributed by atoms with Gasteiger partial charge in [-0.05, 0) is 20.8 Å². The van der Waals surface area contributed by atoms with Crippen molar-refractivity contribution >= 4 is 0 Å². The summed E-state index contributed by atoms with van der Waals surface area (Å²) in [7, 11) is 1.78. The minimum Gasteiger partial charge on any atom is -0.378 e. The van der Waals surface area contributed by atoms with Crippen molar-refractivity contribution in [3.05, 3.63) is 0 Å². The third-order valence-corrected chi connectivity index (χ3v) is 2.40. The molecular formula is C9H18O2. The molecule has 3 atom stereocenters. The van der Waals surface area contributed by atoms with Gasteiger partial charge in [0.05, 0.1) is 17.8 Å². The van der Waals surface area contributed by atoms with Gasteiger partial charge in [0.15, 0.2) is 0 Å². The Morgan fingerprint density at radius 3 is 2.09 bits per heavy atom. The van der Waals surface area contributed by atoms with Gasteiger partial charge in [0.2, 0.25) is 0 Å². The van der Waals surface area contributed by atoms with Crippen LogP contribution in [0.2, 0.25) is 0 Å². The summed E-state index contributed by atoms with van der Waals surface area (Å²) in [4.78, 5) is 0. The molecule has 11 heavy (non-hydrogen) atoms. The molecular weight excluding hydrogens is 140 g/mol. The van der Waals surface area contributed by atoms with E-state index in [1.807, 2.05) is 0 Å². The van der Waals surface area contributed by atoms with E-state index in [0.717, 1.165) is 12.8 Å². The molecule has 0 N–H and O–H groups in total. The second-order valence-corrected chi connectivity index (χ2v) is 3.82. The minimum atomic E-state index is 0.0388. The van der Waals surface area contributed by atoms with Gasteiger partial charge >= 0.3 is 0 Å². The maximum Gasteiger partial charge on any atom is 0.0699 e. The van der Waals surface area contributed by atoms with Crippen LogP contribution in [0.1, 0.15) is 33.6 Å². The Hall–Kier alpha value is -0.0800. The molecule has 0 radical (unpaired) electrons. The lowest BCUT2D eigenvalue weighted by molar-refractivity contribution is -0.138. The highest BCUT2D eigenvalue weighted by Crippen LogP contribution is 2.30. The Bertz CT molecular complexity index is 124. The highest BCUT2D eigenvalue weighted by atomic mass is 16.5. The van der Waals surface area contributed by atoms with Crippen molar-refractivity contribution in [3.63, 3.8) is 0 Å². The molecule has 2 heteroatoms. The molecule has 0 aromatic heterocycles. The van der Waals surface area contributed by atoms with Gasteiger partial charge in [-0.25, -0.2) is 0 Å². The van der Waals surface area contributed by atoms with E-state index in [1.165, 1.54) is 0 Å². The van der Waals surface area contributed by atoms with Crippen LogP contribution in [-0.2, 0) is 9.47 Å². The minimum absolute atomic E-state index is 0.0388. The third kappa shape index (κ3) is 2.17. The Morgan fingerprint density at radius 1 is 1.27 bits per heavy atom. The summed E-state index contributed by atoms with van der Waals surface area (Å²) in [6.45, 7) is 6.36. The fourth-order valence-corrected chi connectivity index (χ4v) is 1.96. The first-order valence-electron chi connectivity index (χ1n) is 4.26. The summed E-state index contributed by atoms with van der Waals surface area (Å²) in [6.07, 6.45) is 2.69. The third-order valence-electron chi connectivity index (χ3n) is 2.40. The van der Waals surface area contributed by atoms with Crippen LogP contribution >= 0.6 is 0 Å². The summed E-state index contributed by atoms with van der Waals surface area (Å²) in [5.41, 5.74) is 0.0388. The molecule has 2 nitrogen and oxygen atoms in total. The van der Waals surface area contributed by atoms with Gasteiger partial charge in [0.25, 0.3) is 0 Å². The van der Waals surface area contributed by atoms with E-state index in [4.69, 9.17) is 9.47 Å². The van der Waals surface area contributed by atoms with Gasteiger partial charge in [0.1, 0.15) is 0 Å². The molecule has 0 aromatic carbocycles. The maximum absolute atomic E-state index is 5.60. The van der Waals surface area contributed by atoms with Crippen molar-refractivity contribution in [3.8, 4) is 0 Å². The highest BCUT2D eigenvalue weighted by Gasteiger charge is 2.34. The molecule has 1 aliphatic rings. The quantitative estimate of drug-likeness (QED) is 0.581. The summed E-state index contributed by atoms with van der Waals surface area (Å²) >= 11 is 0. The molecule has 1 heterocycles. The normalized spacial score (nSPS) is 45.8. The standard InChI is InChI=1S/C9H18O2/c1-7-5-9(3,10-4)6-8(2)11-7/h7-8H,5-6H2,1-4H3/t7-,8?,9?/m0/s1. The van der Waals surface area contributed by atoms with Gasteiger partial charge < -0.3 is 9.47 Å². The van der Waals surface area contributed by atoms with E-state index in [2.05, 4.69) is 20.8 Å². The van der Waals surface area contributed by atoms with Crippen molar-refractivity contribution in [1.29, 1.82) is 0 Å². The van der Waals surface area contributed by atoms with Crippen LogP contribution in [0.15, 0.2) is 0 Å². The molecule has 1 fully saturated rings. The predicted molar refractivity (Wildman–Crippen MR) is 44.7 cm³/mol. The number of hydrogen-bond donors (Lipinski definition) is 0. The van der Waals surface area contributed by atoms with Crippen molar-refractivity contribution in [2.75, 3.05) is 7.11 Å². The van der Waals surface area contributed by atoms with Gasteiger partial charge in [-0.2, -0.15) is 0 Å². The van der Waals surface area contributed by atoms with E-state index in [-0.39, 0.29) is 5.60 Å². The first-order valence-corrected chi connectivity index (χ1v) is 4.26. The van der Waals surface area contributed by atoms with Crippen LogP contribution in [-0.4, -0.2) is 24.9 Å². The largest absolute Gasteiger partial charge is 0.378 e. The van der Waals surface area contributed by atoms with Crippen LogP contribution in [0.25, 0.3) is 0 Å². The van der Waals surface area contributed by atoms with Crippen LogP contribution in [0.5, 0.6) is 0 Å². The molecule has 2 unspecified atom stereocenters. The fraction of sp³-hybridized carbons (Fsp3) is 1.00. The first kappa shape index (κ1) is 9.01. The van der Waals surface area contributed by atoms with Crippen LogP contribution in [0, 0.1) is 0 Å². The zero-order valence-electron chi connectivity index (χ0n) is 7.89. The summed E-state index contributed by atoms with van der Waals surface area (Å²) in [5, 5.41) is 0. The van der Waals surface area contributed by atoms with Crippen LogP contribution in [0.4, 0.5) is 0 Å². The van der Waals surface area contributed by atoms with Crippen LogP contribution in [0.3, 0.4) is 0 Å². The molecule has 0 aliphatic carbocycles. The molecule has 0 saturated carbocycles. The van der Waals surface area contributed by atoms with Crippen molar-refractivity contribution in [2.24, 2.45) is 0 Å². The molecule has 1 rings (SSSR count). The number of methoxy groups -OCH3 is 1. The first-order chi connectivity index (χ1) is 5.06. The zero-order chi connectivity index (χ0) is 8.48. The average molecular weight is 158 g/mol. The second kappa shape index (κ2) is 3.11. The van der Waals surface area contributed by atoms with E-state index < -0.39 is 0 Å². The molecule has 0 spiro atoms. The van der Waals surface area contributed by atoms with Gasteiger partial charge in [-0.3, -0.25) is 0 Å². The maximum atomic E-state index is 5.60. The van der Waals surface area contributed by atoms with Gasteiger partial charge in [-0.1, -0.05) is 0 Å². The van der Waals surface area contributed by atoms with Crippen molar-refractivity contribution in [2.45, 2.75) is 51.4 Å². The summed E-state index contributed by atoms with van der Waals surface area (Å²) < 4.78 is 11.0. The summed E-state index contributed by atoms with van der Waals surface area (Å²) in [5.74, 6) is 0. The monoisotopic (exact) mass is 158 g/mol. The zero-order valence-corrected chi connectivity index (χ0v) is 7.89. The van der Waals surface area contributed by atoms with Crippen molar-refractivity contribution in [1.82, 2.24) is 0 Å². The van der Waals surface area contributed by atoms with Crippen molar-refractivity contribution < 1.29 is 9.47 Å². The van der Waals surface area contributed by atoms with E-state index in [1.54, 1.807) is 7.11 Å². The van der Waals surface area contributed by atoms with Gasteiger partial charge in [0, 0.05) is 20.0 Å². The Labute approximate surface area is 68.9 Å². The Balaban J connectivity index is 2.55. The molecule has 0 bridgehead atoms. The lowest BCUT2D eigenvalue weighted by atomic mass is 9.89. The lowest BCUT2D eigenvalue weighted by Crippen LogP contribution is -2.42. The molecule has 0 aromatic rings. The molecule has 1 aliphatic heterocycles. The summed E-state index contributed by atoms with van der Waals surface area (Å²) in [6, 6.07) is 0. The van der Waals surface area contributed by atoms with E-state index >= 15 is 0 Å². The van der Waals surface area contributed by atoms with E-state index in [0.29, 0.717) is 12.2 Å². The highest BCUT2D eigenvalue weighted by molar-refractivity contribution is 4.84. The molecule has 1 saturated heterocycles. The fourth-order valence-electron chi connectivity index (χ4n) is 1.96. The SMILES string of the molecule is COC1(C)CC(C)O[C@@H](C)C1. The Kier molecular flexibility index (Phi) is 2.55. The molecule has 66 valence electrons. The predicted octanol–water partition coefficient (Wildman–Crippen LogP) is 1.98. The molecule has 0 amide bonds. The average Bonchev–Trinajstić information content (AvgIpc) is 1.84. The Morgan fingerprint density at radius 2 is 1.73 bits per heavy atom. The second-order valence-electron chi connectivity index (χ2n) is 3.82. The van der Waals surface area contributed by atoms with Gasteiger partial charge in [-0.15, -0.1) is 0 Å². The number of ether oxygens (including phenoxy) is 2. The smallest absolute Gasteiger partial charge is 0.0699 e. The topological polar surface area (TPSA) is 18.5 Å².